The molecular weight excluding hydrogens is 287 g/mol. The van der Waals surface area contributed by atoms with Gasteiger partial charge in [-0.2, -0.15) is 0 Å². The fourth-order valence-electron chi connectivity index (χ4n) is 2.69. The Balaban J connectivity index is 1.94. The second-order valence-corrected chi connectivity index (χ2v) is 5.65. The molecule has 6 heteroatoms. The molecule has 0 saturated carbocycles. The zero-order valence-corrected chi connectivity index (χ0v) is 12.8. The normalized spacial score (nSPS) is 18.8. The standard InChI is InChI=1S/C16H21FN2O3/c1-11(16(21)22)15(20)19-8-6-18(7-9-19)12(2)13-4-3-5-14(17)10-13/h3-5,10-12H,6-9H2,1-2H3,(H,21,22). The zero-order chi connectivity index (χ0) is 16.3. The van der Waals surface area contributed by atoms with Crippen molar-refractivity contribution in [2.75, 3.05) is 26.2 Å². The van der Waals surface area contributed by atoms with Gasteiger partial charge in [-0.3, -0.25) is 14.5 Å². The molecule has 1 aromatic carbocycles. The van der Waals surface area contributed by atoms with Crippen LogP contribution in [-0.4, -0.2) is 53.0 Å². The molecule has 1 fully saturated rings. The predicted molar refractivity (Wildman–Crippen MR) is 79.8 cm³/mol. The first-order valence-electron chi connectivity index (χ1n) is 7.41. The van der Waals surface area contributed by atoms with Crippen molar-refractivity contribution < 1.29 is 19.1 Å². The fourth-order valence-corrected chi connectivity index (χ4v) is 2.69. The van der Waals surface area contributed by atoms with Crippen LogP contribution >= 0.6 is 0 Å². The molecule has 0 spiro atoms. The third-order valence-corrected chi connectivity index (χ3v) is 4.25. The SMILES string of the molecule is CC(C(=O)O)C(=O)N1CCN(C(C)c2cccc(F)c2)CC1. The number of carboxylic acids is 1. The number of benzene rings is 1. The van der Waals surface area contributed by atoms with Crippen LogP contribution in [0.4, 0.5) is 4.39 Å². The molecule has 5 nitrogen and oxygen atoms in total. The van der Waals surface area contributed by atoms with Crippen LogP contribution < -0.4 is 0 Å². The predicted octanol–water partition coefficient (Wildman–Crippen LogP) is 1.75. The van der Waals surface area contributed by atoms with E-state index in [1.165, 1.54) is 19.1 Å². The van der Waals surface area contributed by atoms with Gasteiger partial charge < -0.3 is 10.0 Å². The van der Waals surface area contributed by atoms with Crippen molar-refractivity contribution in [3.05, 3.63) is 35.6 Å². The first kappa shape index (κ1) is 16.4. The van der Waals surface area contributed by atoms with Crippen LogP contribution in [0.2, 0.25) is 0 Å². The number of amides is 1. The van der Waals surface area contributed by atoms with Crippen molar-refractivity contribution in [1.82, 2.24) is 9.80 Å². The molecule has 1 aromatic rings. The van der Waals surface area contributed by atoms with Crippen LogP contribution in [0.1, 0.15) is 25.5 Å². The van der Waals surface area contributed by atoms with Crippen LogP contribution in [-0.2, 0) is 9.59 Å². The van der Waals surface area contributed by atoms with Crippen LogP contribution in [0.15, 0.2) is 24.3 Å². The van der Waals surface area contributed by atoms with E-state index in [2.05, 4.69) is 4.90 Å². The lowest BCUT2D eigenvalue weighted by atomic mass is 10.1. The highest BCUT2D eigenvalue weighted by Gasteiger charge is 2.30. The molecule has 22 heavy (non-hydrogen) atoms. The van der Waals surface area contributed by atoms with Gasteiger partial charge in [0.25, 0.3) is 0 Å². The maximum atomic E-state index is 13.3. The van der Waals surface area contributed by atoms with E-state index in [0.29, 0.717) is 26.2 Å². The van der Waals surface area contributed by atoms with Crippen LogP contribution in [0.5, 0.6) is 0 Å². The van der Waals surface area contributed by atoms with Gasteiger partial charge in [0.05, 0.1) is 0 Å². The maximum absolute atomic E-state index is 13.3. The summed E-state index contributed by atoms with van der Waals surface area (Å²) >= 11 is 0. The number of carbonyl (C=O) groups excluding carboxylic acids is 1. The van der Waals surface area contributed by atoms with Crippen LogP contribution in [0.3, 0.4) is 0 Å². The number of nitrogens with zero attached hydrogens (tertiary/aromatic N) is 2. The molecular formula is C16H21FN2O3. The van der Waals surface area contributed by atoms with Crippen molar-refractivity contribution >= 4 is 11.9 Å². The Morgan fingerprint density at radius 2 is 1.82 bits per heavy atom. The van der Waals surface area contributed by atoms with Gasteiger partial charge >= 0.3 is 5.97 Å². The van der Waals surface area contributed by atoms with Gasteiger partial charge in [-0.25, -0.2) is 4.39 Å². The van der Waals surface area contributed by atoms with E-state index in [1.54, 1.807) is 11.0 Å². The molecule has 1 heterocycles. The van der Waals surface area contributed by atoms with Crippen molar-refractivity contribution in [3.8, 4) is 0 Å². The zero-order valence-electron chi connectivity index (χ0n) is 12.8. The fraction of sp³-hybridized carbons (Fsp3) is 0.500. The molecule has 0 bridgehead atoms. The lowest BCUT2D eigenvalue weighted by Gasteiger charge is -2.38. The van der Waals surface area contributed by atoms with Gasteiger partial charge in [0.15, 0.2) is 0 Å². The highest BCUT2D eigenvalue weighted by atomic mass is 19.1. The number of carboxylic acid groups (broad SMARTS) is 1. The molecule has 1 N–H and O–H groups in total. The summed E-state index contributed by atoms with van der Waals surface area (Å²) in [5.41, 5.74) is 0.902. The molecule has 0 aromatic heterocycles. The molecule has 1 saturated heterocycles. The summed E-state index contributed by atoms with van der Waals surface area (Å²) in [5, 5.41) is 8.90. The van der Waals surface area contributed by atoms with E-state index >= 15 is 0 Å². The molecule has 1 aliphatic heterocycles. The number of hydrogen-bond donors (Lipinski definition) is 1. The van der Waals surface area contributed by atoms with E-state index in [4.69, 9.17) is 5.11 Å². The van der Waals surface area contributed by atoms with Gasteiger partial charge in [0.1, 0.15) is 11.7 Å². The van der Waals surface area contributed by atoms with Gasteiger partial charge in [-0.15, -0.1) is 0 Å². The molecule has 2 atom stereocenters. The van der Waals surface area contributed by atoms with Gasteiger partial charge in [-0.1, -0.05) is 12.1 Å². The Morgan fingerprint density at radius 3 is 2.36 bits per heavy atom. The first-order valence-corrected chi connectivity index (χ1v) is 7.41. The Hall–Kier alpha value is -1.95. The summed E-state index contributed by atoms with van der Waals surface area (Å²) in [4.78, 5) is 26.6. The average molecular weight is 308 g/mol. The topological polar surface area (TPSA) is 60.9 Å². The van der Waals surface area contributed by atoms with Crippen LogP contribution in [0.25, 0.3) is 0 Å². The molecule has 2 unspecified atom stereocenters. The van der Waals surface area contributed by atoms with Crippen molar-refractivity contribution in [3.63, 3.8) is 0 Å². The Bertz CT molecular complexity index is 556. The minimum Gasteiger partial charge on any atom is -0.481 e. The number of carbonyl (C=O) groups is 2. The van der Waals surface area contributed by atoms with Gasteiger partial charge in [-0.05, 0) is 31.5 Å². The second-order valence-electron chi connectivity index (χ2n) is 5.65. The quantitative estimate of drug-likeness (QED) is 0.861. The number of halogens is 1. The number of piperazine rings is 1. The lowest BCUT2D eigenvalue weighted by Crippen LogP contribution is -2.51. The Kier molecular flexibility index (Phi) is 5.13. The van der Waals surface area contributed by atoms with E-state index in [9.17, 15) is 14.0 Å². The maximum Gasteiger partial charge on any atom is 0.315 e. The van der Waals surface area contributed by atoms with E-state index < -0.39 is 11.9 Å². The summed E-state index contributed by atoms with van der Waals surface area (Å²) < 4.78 is 13.3. The highest BCUT2D eigenvalue weighted by Crippen LogP contribution is 2.22. The molecule has 120 valence electrons. The summed E-state index contributed by atoms with van der Waals surface area (Å²) in [6.07, 6.45) is 0. The Morgan fingerprint density at radius 1 is 1.18 bits per heavy atom. The molecule has 0 aliphatic carbocycles. The van der Waals surface area contributed by atoms with Crippen molar-refractivity contribution in [2.45, 2.75) is 19.9 Å². The average Bonchev–Trinajstić information content (AvgIpc) is 2.52. The second kappa shape index (κ2) is 6.87. The Labute approximate surface area is 129 Å². The third-order valence-electron chi connectivity index (χ3n) is 4.25. The van der Waals surface area contributed by atoms with Gasteiger partial charge in [0, 0.05) is 32.2 Å². The summed E-state index contributed by atoms with van der Waals surface area (Å²) in [5.74, 6) is -2.70. The highest BCUT2D eigenvalue weighted by molar-refractivity contribution is 5.96. The van der Waals surface area contributed by atoms with E-state index in [-0.39, 0.29) is 17.8 Å². The van der Waals surface area contributed by atoms with E-state index in [0.717, 1.165) is 5.56 Å². The molecule has 1 amide bonds. The van der Waals surface area contributed by atoms with Crippen molar-refractivity contribution in [2.24, 2.45) is 5.92 Å². The third kappa shape index (κ3) is 3.62. The summed E-state index contributed by atoms with van der Waals surface area (Å²) in [6, 6.07) is 6.58. The monoisotopic (exact) mass is 308 g/mol. The van der Waals surface area contributed by atoms with Crippen LogP contribution in [0, 0.1) is 11.7 Å². The first-order chi connectivity index (χ1) is 10.4. The number of hydrogen-bond acceptors (Lipinski definition) is 3. The molecule has 1 aliphatic rings. The lowest BCUT2D eigenvalue weighted by molar-refractivity contribution is -0.151. The van der Waals surface area contributed by atoms with E-state index in [1.807, 2.05) is 13.0 Å². The minimum atomic E-state index is -1.10. The van der Waals surface area contributed by atoms with Crippen molar-refractivity contribution in [1.29, 1.82) is 0 Å². The molecule has 2 rings (SSSR count). The largest absolute Gasteiger partial charge is 0.481 e. The van der Waals surface area contributed by atoms with Gasteiger partial charge in [0.2, 0.25) is 5.91 Å². The smallest absolute Gasteiger partial charge is 0.315 e. The molecule has 0 radical (unpaired) electrons. The minimum absolute atomic E-state index is 0.0600. The number of rotatable bonds is 4. The summed E-state index contributed by atoms with van der Waals surface area (Å²) in [7, 11) is 0. The summed E-state index contributed by atoms with van der Waals surface area (Å²) in [6.45, 7) is 5.70. The number of aliphatic carboxylic acids is 1.